The van der Waals surface area contributed by atoms with Gasteiger partial charge in [-0.1, -0.05) is 24.3 Å². The van der Waals surface area contributed by atoms with Crippen LogP contribution in [0.25, 0.3) is 0 Å². The van der Waals surface area contributed by atoms with Crippen molar-refractivity contribution in [3.8, 4) is 11.5 Å². The Morgan fingerprint density at radius 3 is 2.54 bits per heavy atom. The van der Waals surface area contributed by atoms with Crippen molar-refractivity contribution in [2.75, 3.05) is 20.0 Å². The first-order chi connectivity index (χ1) is 17.8. The Kier molecular flexibility index (Phi) is 7.12. The zero-order valence-corrected chi connectivity index (χ0v) is 21.4. The van der Waals surface area contributed by atoms with Gasteiger partial charge in [-0.3, -0.25) is 4.79 Å². The minimum atomic E-state index is -4.43. The van der Waals surface area contributed by atoms with E-state index < -0.39 is 11.7 Å². The molecular formula is C29H27F3O4S. The Balaban J connectivity index is 1.40. The van der Waals surface area contributed by atoms with Crippen LogP contribution in [0.15, 0.2) is 59.5 Å². The summed E-state index contributed by atoms with van der Waals surface area (Å²) < 4.78 is 58.7. The second-order valence-electron chi connectivity index (χ2n) is 9.32. The number of fused-ring (bicyclic) bond motifs is 2. The summed E-state index contributed by atoms with van der Waals surface area (Å²) in [6, 6.07) is 15.9. The molecule has 8 heteroatoms. The van der Waals surface area contributed by atoms with Crippen LogP contribution in [0, 0.1) is 0 Å². The number of carbonyl (C=O) groups is 1. The van der Waals surface area contributed by atoms with Crippen LogP contribution in [-0.4, -0.2) is 25.9 Å². The largest absolute Gasteiger partial charge is 0.492 e. The average molecular weight is 529 g/mol. The summed E-state index contributed by atoms with van der Waals surface area (Å²) in [5, 5.41) is 0. The highest BCUT2D eigenvalue weighted by atomic mass is 32.2. The topological polar surface area (TPSA) is 44.8 Å². The minimum absolute atomic E-state index is 0.0722. The van der Waals surface area contributed by atoms with Gasteiger partial charge in [-0.25, -0.2) is 0 Å². The van der Waals surface area contributed by atoms with Gasteiger partial charge in [0.2, 0.25) is 0 Å². The van der Waals surface area contributed by atoms with Gasteiger partial charge in [0, 0.05) is 22.4 Å². The number of benzene rings is 3. The number of ether oxygens (including phenoxy) is 3. The fourth-order valence-electron chi connectivity index (χ4n) is 5.22. The number of hydrogen-bond acceptors (Lipinski definition) is 5. The van der Waals surface area contributed by atoms with Gasteiger partial charge in [-0.15, -0.1) is 11.8 Å². The Morgan fingerprint density at radius 1 is 1.08 bits per heavy atom. The van der Waals surface area contributed by atoms with Crippen LogP contribution >= 0.6 is 11.8 Å². The maximum absolute atomic E-state index is 14.0. The van der Waals surface area contributed by atoms with E-state index in [9.17, 15) is 18.0 Å². The number of methoxy groups -OCH3 is 1. The van der Waals surface area contributed by atoms with Crippen molar-refractivity contribution in [2.24, 2.45) is 0 Å². The summed E-state index contributed by atoms with van der Waals surface area (Å²) in [5.41, 5.74) is 3.05. The molecule has 37 heavy (non-hydrogen) atoms. The van der Waals surface area contributed by atoms with Crippen molar-refractivity contribution in [3.05, 3.63) is 88.0 Å². The van der Waals surface area contributed by atoms with Crippen molar-refractivity contribution in [3.63, 3.8) is 0 Å². The van der Waals surface area contributed by atoms with Crippen LogP contribution in [0.2, 0.25) is 0 Å². The van der Waals surface area contributed by atoms with E-state index in [2.05, 4.69) is 0 Å². The number of esters is 1. The van der Waals surface area contributed by atoms with E-state index in [4.69, 9.17) is 14.2 Å². The van der Waals surface area contributed by atoms with E-state index in [0.717, 1.165) is 27.1 Å². The summed E-state index contributed by atoms with van der Waals surface area (Å²) in [6.07, 6.45) is -1.24. The number of rotatable bonds is 7. The number of alkyl halides is 3. The lowest BCUT2D eigenvalue weighted by Crippen LogP contribution is -2.13. The Bertz CT molecular complexity index is 1300. The van der Waals surface area contributed by atoms with Crippen molar-refractivity contribution in [1.82, 2.24) is 0 Å². The lowest BCUT2D eigenvalue weighted by atomic mass is 9.92. The van der Waals surface area contributed by atoms with Gasteiger partial charge in [0.05, 0.1) is 25.7 Å². The molecule has 0 fully saturated rings. The highest BCUT2D eigenvalue weighted by Gasteiger charge is 2.37. The monoisotopic (exact) mass is 528 g/mol. The van der Waals surface area contributed by atoms with Crippen LogP contribution in [0.5, 0.6) is 11.5 Å². The quantitative estimate of drug-likeness (QED) is 0.241. The van der Waals surface area contributed by atoms with Gasteiger partial charge in [0.15, 0.2) is 0 Å². The molecule has 2 unspecified atom stereocenters. The summed E-state index contributed by atoms with van der Waals surface area (Å²) in [5.74, 6) is 0.881. The third kappa shape index (κ3) is 5.30. The van der Waals surface area contributed by atoms with Crippen LogP contribution in [0.3, 0.4) is 0 Å². The summed E-state index contributed by atoms with van der Waals surface area (Å²) in [4.78, 5) is 12.7. The first kappa shape index (κ1) is 25.5. The van der Waals surface area contributed by atoms with Crippen LogP contribution < -0.4 is 9.47 Å². The molecule has 3 aromatic carbocycles. The van der Waals surface area contributed by atoms with E-state index in [1.807, 2.05) is 42.7 Å². The zero-order valence-electron chi connectivity index (χ0n) is 20.6. The molecule has 194 valence electrons. The Hall–Kier alpha value is -3.13. The maximum atomic E-state index is 14.0. The van der Waals surface area contributed by atoms with Crippen molar-refractivity contribution >= 4 is 17.7 Å². The van der Waals surface area contributed by atoms with Crippen LogP contribution in [0.1, 0.15) is 58.2 Å². The molecule has 0 amide bonds. The minimum Gasteiger partial charge on any atom is -0.492 e. The van der Waals surface area contributed by atoms with Crippen molar-refractivity contribution in [2.45, 2.75) is 48.8 Å². The van der Waals surface area contributed by atoms with Gasteiger partial charge in [-0.05, 0) is 72.0 Å². The van der Waals surface area contributed by atoms with E-state index in [0.29, 0.717) is 36.5 Å². The normalized spacial score (nSPS) is 18.2. The number of thioether (sulfide) groups is 1. The molecule has 1 heterocycles. The zero-order chi connectivity index (χ0) is 26.2. The third-order valence-corrected chi connectivity index (χ3v) is 7.84. The van der Waals surface area contributed by atoms with Crippen LogP contribution in [0.4, 0.5) is 13.2 Å². The average Bonchev–Trinajstić information content (AvgIpc) is 3.48. The molecule has 0 saturated carbocycles. The second-order valence-corrected chi connectivity index (χ2v) is 10.2. The van der Waals surface area contributed by atoms with E-state index >= 15 is 0 Å². The van der Waals surface area contributed by atoms with E-state index in [1.165, 1.54) is 13.2 Å². The fourth-order valence-corrected chi connectivity index (χ4v) is 5.63. The fraction of sp³-hybridized carbons (Fsp3) is 0.345. The lowest BCUT2D eigenvalue weighted by molar-refractivity contribution is -0.141. The van der Waals surface area contributed by atoms with E-state index in [-0.39, 0.29) is 30.8 Å². The third-order valence-electron chi connectivity index (χ3n) is 7.10. The SMILES string of the molecule is COC(=O)CC1COc2cc(OC3CCc4c3ccc(C(F)(F)F)c4Cc3ccc(SC)cc3)ccc21. The Morgan fingerprint density at radius 2 is 1.84 bits per heavy atom. The van der Waals surface area contributed by atoms with Gasteiger partial charge in [0.1, 0.15) is 17.6 Å². The van der Waals surface area contributed by atoms with Gasteiger partial charge < -0.3 is 14.2 Å². The molecule has 3 aromatic rings. The highest BCUT2D eigenvalue weighted by molar-refractivity contribution is 7.98. The molecule has 2 atom stereocenters. The molecule has 2 aliphatic rings. The molecular weight excluding hydrogens is 501 g/mol. The predicted molar refractivity (Wildman–Crippen MR) is 135 cm³/mol. The van der Waals surface area contributed by atoms with Crippen molar-refractivity contribution < 1.29 is 32.2 Å². The molecule has 5 rings (SSSR count). The maximum Gasteiger partial charge on any atom is 0.416 e. The van der Waals surface area contributed by atoms with Crippen LogP contribution in [-0.2, 0) is 28.5 Å². The summed E-state index contributed by atoms with van der Waals surface area (Å²) in [7, 11) is 1.36. The molecule has 4 nitrogen and oxygen atoms in total. The Labute approximate surface area is 218 Å². The van der Waals surface area contributed by atoms with E-state index in [1.54, 1.807) is 23.9 Å². The van der Waals surface area contributed by atoms with Gasteiger partial charge >= 0.3 is 12.1 Å². The highest BCUT2D eigenvalue weighted by Crippen LogP contribution is 2.44. The molecule has 0 radical (unpaired) electrons. The van der Waals surface area contributed by atoms with Gasteiger partial charge in [-0.2, -0.15) is 13.2 Å². The molecule has 0 bridgehead atoms. The smallest absolute Gasteiger partial charge is 0.416 e. The summed E-state index contributed by atoms with van der Waals surface area (Å²) in [6.45, 7) is 0.391. The second kappa shape index (κ2) is 10.3. The first-order valence-electron chi connectivity index (χ1n) is 12.1. The predicted octanol–water partition coefficient (Wildman–Crippen LogP) is 7.12. The molecule has 0 aromatic heterocycles. The summed E-state index contributed by atoms with van der Waals surface area (Å²) >= 11 is 1.60. The van der Waals surface area contributed by atoms with Gasteiger partial charge in [0.25, 0.3) is 0 Å². The lowest BCUT2D eigenvalue weighted by Gasteiger charge is -2.20. The molecule has 0 saturated heterocycles. The standard InChI is InChI=1S/C29H27F3O4S/c1-34-28(33)14-18-16-35-27-15-19(5-8-21(18)27)36-26-12-10-22-23(26)9-11-25(29(30,31)32)24(22)13-17-3-6-20(37-2)7-4-17/h3-9,11,15,18,26H,10,12-14,16H2,1-2H3. The first-order valence-corrected chi connectivity index (χ1v) is 13.3. The number of carbonyl (C=O) groups excluding carboxylic acids is 1. The number of halogens is 3. The molecule has 0 N–H and O–H groups in total. The molecule has 0 spiro atoms. The number of hydrogen-bond donors (Lipinski definition) is 0. The molecule has 1 aliphatic heterocycles. The van der Waals surface area contributed by atoms with Crippen molar-refractivity contribution in [1.29, 1.82) is 0 Å². The molecule has 1 aliphatic carbocycles.